The molecule has 0 saturated carbocycles. The van der Waals surface area contributed by atoms with Gasteiger partial charge in [0.2, 0.25) is 0 Å². The molecule has 0 aliphatic carbocycles. The molecule has 1 aromatic carbocycles. The Morgan fingerprint density at radius 3 is 2.65 bits per heavy atom. The second-order valence-corrected chi connectivity index (χ2v) is 7.88. The van der Waals surface area contributed by atoms with Crippen LogP contribution in [-0.2, 0) is 9.05 Å². The molecule has 1 aromatic heterocycles. The first kappa shape index (κ1) is 15.6. The van der Waals surface area contributed by atoms with Crippen molar-refractivity contribution in [2.45, 2.75) is 4.90 Å². The average molecular weight is 397 g/mol. The van der Waals surface area contributed by atoms with Crippen LogP contribution in [0, 0.1) is 0 Å². The molecule has 0 radical (unpaired) electrons. The predicted octanol–water partition coefficient (Wildman–Crippen LogP) is 4.10. The fourth-order valence-corrected chi connectivity index (χ4v) is 2.95. The van der Waals surface area contributed by atoms with Crippen LogP contribution in [0.15, 0.2) is 40.2 Å². The smallest absolute Gasteiger partial charge is 0.261 e. The van der Waals surface area contributed by atoms with E-state index in [0.717, 1.165) is 0 Å². The second-order valence-electron chi connectivity index (χ2n) is 3.84. The molecule has 0 atom stereocenters. The number of fused-ring (bicyclic) bond motifs is 1. The molecule has 0 aliphatic rings. The first-order valence-electron chi connectivity index (χ1n) is 5.29. The molecule has 0 aliphatic heterocycles. The van der Waals surface area contributed by atoms with Gasteiger partial charge in [0.05, 0.1) is 4.90 Å². The molecule has 0 N–H and O–H groups in total. The molecule has 2 rings (SSSR count). The van der Waals surface area contributed by atoms with Crippen LogP contribution in [0.3, 0.4) is 0 Å². The summed E-state index contributed by atoms with van der Waals surface area (Å²) in [5.41, 5.74) is 0.327. The van der Waals surface area contributed by atoms with E-state index < -0.39 is 9.05 Å². The zero-order chi connectivity index (χ0) is 14.9. The molecular formula is C12H8BrCl2NO3S. The van der Waals surface area contributed by atoms with Crippen LogP contribution < -0.4 is 4.74 Å². The summed E-state index contributed by atoms with van der Waals surface area (Å²) < 4.78 is 29.2. The van der Waals surface area contributed by atoms with Crippen LogP contribution >= 0.6 is 38.2 Å². The Morgan fingerprint density at radius 1 is 1.35 bits per heavy atom. The molecule has 4 nitrogen and oxygen atoms in total. The minimum Gasteiger partial charge on any atom is -0.486 e. The Balaban J connectivity index is 2.68. The molecule has 1 heterocycles. The predicted molar refractivity (Wildman–Crippen MR) is 83.4 cm³/mol. The number of ether oxygens (including phenoxy) is 1. The third kappa shape index (κ3) is 3.44. The summed E-state index contributed by atoms with van der Waals surface area (Å²) in [6.07, 6.45) is 0. The van der Waals surface area contributed by atoms with Gasteiger partial charge in [-0.1, -0.05) is 34.1 Å². The highest BCUT2D eigenvalue weighted by atomic mass is 79.9. The zero-order valence-electron chi connectivity index (χ0n) is 9.94. The van der Waals surface area contributed by atoms with Crippen molar-refractivity contribution in [3.63, 3.8) is 0 Å². The first-order chi connectivity index (χ1) is 9.29. The molecule has 0 unspecified atom stereocenters. The highest BCUT2D eigenvalue weighted by Crippen LogP contribution is 2.32. The van der Waals surface area contributed by atoms with Crippen molar-refractivity contribution in [1.29, 1.82) is 0 Å². The summed E-state index contributed by atoms with van der Waals surface area (Å²) in [7, 11) is 1.52. The number of pyridine rings is 1. The number of hydrogen-bond acceptors (Lipinski definition) is 4. The Kier molecular flexibility index (Phi) is 4.59. The van der Waals surface area contributed by atoms with E-state index in [0.29, 0.717) is 21.1 Å². The second kappa shape index (κ2) is 5.89. The van der Waals surface area contributed by atoms with Crippen molar-refractivity contribution in [2.24, 2.45) is 0 Å². The SMILES string of the molecule is C=C(Br)COc1ccc(S(=O)(=O)Cl)c2ccc(Cl)nc12. The van der Waals surface area contributed by atoms with E-state index >= 15 is 0 Å². The van der Waals surface area contributed by atoms with Gasteiger partial charge >= 0.3 is 0 Å². The lowest BCUT2D eigenvalue weighted by molar-refractivity contribution is 0.364. The quantitative estimate of drug-likeness (QED) is 0.576. The number of hydrogen-bond donors (Lipinski definition) is 0. The van der Waals surface area contributed by atoms with E-state index in [4.69, 9.17) is 27.0 Å². The van der Waals surface area contributed by atoms with Gasteiger partial charge in [0.1, 0.15) is 23.0 Å². The van der Waals surface area contributed by atoms with Crippen molar-refractivity contribution in [2.75, 3.05) is 6.61 Å². The van der Waals surface area contributed by atoms with E-state index in [1.807, 2.05) is 0 Å². The summed E-state index contributed by atoms with van der Waals surface area (Å²) in [5, 5.41) is 0.575. The highest BCUT2D eigenvalue weighted by molar-refractivity contribution is 9.11. The Morgan fingerprint density at radius 2 is 2.05 bits per heavy atom. The minimum atomic E-state index is -3.88. The highest BCUT2D eigenvalue weighted by Gasteiger charge is 2.18. The van der Waals surface area contributed by atoms with Crippen molar-refractivity contribution in [1.82, 2.24) is 4.98 Å². The molecule has 2 aromatic rings. The topological polar surface area (TPSA) is 56.3 Å². The van der Waals surface area contributed by atoms with Crippen LogP contribution in [0.4, 0.5) is 0 Å². The maximum absolute atomic E-state index is 11.6. The van der Waals surface area contributed by atoms with Crippen molar-refractivity contribution in [3.05, 3.63) is 40.5 Å². The van der Waals surface area contributed by atoms with Crippen molar-refractivity contribution < 1.29 is 13.2 Å². The van der Waals surface area contributed by atoms with Gasteiger partial charge in [-0.15, -0.1) is 0 Å². The van der Waals surface area contributed by atoms with E-state index in [1.165, 1.54) is 24.3 Å². The fraction of sp³-hybridized carbons (Fsp3) is 0.0833. The Hall–Kier alpha value is -0.820. The number of nitrogens with zero attached hydrogens (tertiary/aromatic N) is 1. The van der Waals surface area contributed by atoms with Gasteiger partial charge in [-0.25, -0.2) is 13.4 Å². The standard InChI is InChI=1S/C12H8BrCl2NO3S/c1-7(13)6-19-9-3-4-10(20(15,17)18)8-2-5-11(14)16-12(8)9/h2-5H,1,6H2. The third-order valence-electron chi connectivity index (χ3n) is 2.39. The molecule has 20 heavy (non-hydrogen) atoms. The molecule has 0 amide bonds. The van der Waals surface area contributed by atoms with Gasteiger partial charge in [0.15, 0.2) is 0 Å². The zero-order valence-corrected chi connectivity index (χ0v) is 13.9. The molecule has 8 heteroatoms. The van der Waals surface area contributed by atoms with E-state index in [-0.39, 0.29) is 16.7 Å². The Bertz CT molecular complexity index is 793. The summed E-state index contributed by atoms with van der Waals surface area (Å²) in [4.78, 5) is 4.06. The van der Waals surface area contributed by atoms with Gasteiger partial charge in [-0.3, -0.25) is 0 Å². The van der Waals surface area contributed by atoms with E-state index in [9.17, 15) is 8.42 Å². The monoisotopic (exact) mass is 395 g/mol. The van der Waals surface area contributed by atoms with Gasteiger partial charge in [-0.2, -0.15) is 0 Å². The third-order valence-corrected chi connectivity index (χ3v) is 4.21. The number of aromatic nitrogens is 1. The fourth-order valence-electron chi connectivity index (χ4n) is 1.63. The average Bonchev–Trinajstić information content (AvgIpc) is 2.34. The normalized spacial score (nSPS) is 11.6. The molecule has 0 fully saturated rings. The molecule has 106 valence electrons. The molecule has 0 saturated heterocycles. The van der Waals surface area contributed by atoms with E-state index in [2.05, 4.69) is 27.5 Å². The van der Waals surface area contributed by atoms with Crippen LogP contribution in [0.2, 0.25) is 5.15 Å². The number of benzene rings is 1. The first-order valence-corrected chi connectivity index (χ1v) is 8.77. The number of rotatable bonds is 4. The molecule has 0 bridgehead atoms. The van der Waals surface area contributed by atoms with Gasteiger partial charge in [0, 0.05) is 20.6 Å². The van der Waals surface area contributed by atoms with Crippen LogP contribution in [0.5, 0.6) is 5.75 Å². The maximum atomic E-state index is 11.6. The lowest BCUT2D eigenvalue weighted by Crippen LogP contribution is -2.00. The number of halogens is 3. The minimum absolute atomic E-state index is 0.0386. The lowest BCUT2D eigenvalue weighted by atomic mass is 10.2. The summed E-state index contributed by atoms with van der Waals surface area (Å²) in [5.74, 6) is 0.396. The van der Waals surface area contributed by atoms with Crippen molar-refractivity contribution in [3.8, 4) is 5.75 Å². The van der Waals surface area contributed by atoms with Crippen LogP contribution in [0.25, 0.3) is 10.9 Å². The molecule has 0 spiro atoms. The van der Waals surface area contributed by atoms with Gasteiger partial charge in [0.25, 0.3) is 9.05 Å². The Labute approximate surface area is 133 Å². The van der Waals surface area contributed by atoms with Crippen LogP contribution in [0.1, 0.15) is 0 Å². The largest absolute Gasteiger partial charge is 0.486 e. The summed E-state index contributed by atoms with van der Waals surface area (Å²) in [6.45, 7) is 3.87. The molecular weight excluding hydrogens is 389 g/mol. The summed E-state index contributed by atoms with van der Waals surface area (Å²) in [6, 6.07) is 5.88. The lowest BCUT2D eigenvalue weighted by Gasteiger charge is -2.10. The van der Waals surface area contributed by atoms with E-state index in [1.54, 1.807) is 0 Å². The van der Waals surface area contributed by atoms with Gasteiger partial charge < -0.3 is 4.74 Å². The maximum Gasteiger partial charge on any atom is 0.261 e. The van der Waals surface area contributed by atoms with Gasteiger partial charge in [-0.05, 0) is 24.3 Å². The summed E-state index contributed by atoms with van der Waals surface area (Å²) >= 11 is 9.02. The van der Waals surface area contributed by atoms with Crippen LogP contribution in [-0.4, -0.2) is 20.0 Å². The van der Waals surface area contributed by atoms with Crippen molar-refractivity contribution >= 4 is 58.2 Å².